The lowest BCUT2D eigenvalue weighted by atomic mass is 11.8. The third-order valence-corrected chi connectivity index (χ3v) is 0. The highest BCUT2D eigenvalue weighted by atomic mass is 28.2. The molecule has 0 fully saturated rings. The second kappa shape index (κ2) is 356. The molecule has 2 nitrogen and oxygen atoms in total. The topological polar surface area (TPSA) is 29.5 Å². The van der Waals surface area contributed by atoms with Crippen molar-refractivity contribution in [3.63, 3.8) is 0 Å². The van der Waals surface area contributed by atoms with Crippen LogP contribution in [0.5, 0.6) is 0 Å². The summed E-state index contributed by atoms with van der Waals surface area (Å²) in [5.41, 5.74) is 0. The van der Waals surface area contributed by atoms with Gasteiger partial charge in [-0.2, -0.15) is 0 Å². The van der Waals surface area contributed by atoms with Crippen LogP contribution in [0.1, 0.15) is 25.1 Å². The van der Waals surface area contributed by atoms with Gasteiger partial charge in [-0.15, -0.1) is 0 Å². The third kappa shape index (κ3) is 3610. The summed E-state index contributed by atoms with van der Waals surface area (Å²) in [7, 11) is 4.86. The minimum absolute atomic E-state index is 0. The summed E-state index contributed by atoms with van der Waals surface area (Å²) in [6.45, 7) is 2.14. The van der Waals surface area contributed by atoms with E-state index in [-0.39, 0.29) is 25.1 Å². The Balaban J connectivity index is -0.00000000281. The molecule has 4 heteroatoms. The number of aliphatic hydroxyl groups is 1. The first-order valence-electron chi connectivity index (χ1n) is 2.26. The minimum Gasteiger partial charge on any atom is -0.431 e. The highest BCUT2D eigenvalue weighted by Gasteiger charge is 1.27. The van der Waals surface area contributed by atoms with Crippen molar-refractivity contribution in [3.05, 3.63) is 0 Å². The number of hydrogen-bond donors (Lipinski definition) is 1. The van der Waals surface area contributed by atoms with Crippen LogP contribution in [0.15, 0.2) is 0 Å². The van der Waals surface area contributed by atoms with Crippen LogP contribution >= 0.6 is 0 Å². The molecule has 0 unspecified atom stereocenters. The molecule has 0 aromatic heterocycles. The lowest BCUT2D eigenvalue weighted by molar-refractivity contribution is 0.399. The van der Waals surface area contributed by atoms with E-state index in [1.807, 2.05) is 0 Å². The SMILES string of the molecule is C.C.C.CO.CO[SiH3].C[SiH3].[2HH].[2HH]. The Kier molecular flexibility index (Phi) is 1700. The molecular formula is C6H32O2Si2. The Labute approximate surface area is 76.9 Å². The van der Waals surface area contributed by atoms with Crippen LogP contribution in [0, 0.1) is 0 Å². The second-order valence-electron chi connectivity index (χ2n) is 0.408. The lowest BCUT2D eigenvalue weighted by Crippen LogP contribution is -1.60. The van der Waals surface area contributed by atoms with Crippen LogP contribution in [-0.2, 0) is 4.43 Å². The summed E-state index contributed by atoms with van der Waals surface area (Å²) in [6, 6.07) is 0. The molecule has 0 aromatic rings. The fourth-order valence-corrected chi connectivity index (χ4v) is 0. The molecule has 1 N–H and O–H groups in total. The molecule has 0 spiro atoms. The molecule has 0 saturated heterocycles. The van der Waals surface area contributed by atoms with Crippen molar-refractivity contribution in [3.8, 4) is 0 Å². The van der Waals surface area contributed by atoms with E-state index in [2.05, 4.69) is 11.0 Å². The van der Waals surface area contributed by atoms with Crippen molar-refractivity contribution in [1.29, 1.82) is 0 Å². The zero-order chi connectivity index (χ0) is 6.71. The number of aliphatic hydroxyl groups excluding tert-OH is 1. The van der Waals surface area contributed by atoms with E-state index in [0.29, 0.717) is 0 Å². The maximum atomic E-state index is 7.00. The number of rotatable bonds is 0. The fraction of sp³-hybridized carbons (Fsp3) is 1.00. The standard InChI is InChI=1S/CH6OSi.CH4O.CH6Si.3CH4.2H2/c1-2-3;2*1-2;;;;;/h1,3H3;2H,1H3;1-2H3;3*1H4;2*1H/i;;;;;;2*1+1. The first kappa shape index (κ1) is 47.8. The first-order valence-corrected chi connectivity index (χ1v) is 5.08. The lowest BCUT2D eigenvalue weighted by Gasteiger charge is -1.61. The zero-order valence-electron chi connectivity index (χ0n) is 5.86. The van der Waals surface area contributed by atoms with Gasteiger partial charge in [0.15, 0.2) is 0 Å². The quantitative estimate of drug-likeness (QED) is 0.563. The van der Waals surface area contributed by atoms with Crippen molar-refractivity contribution in [2.24, 2.45) is 0 Å². The zero-order valence-corrected chi connectivity index (χ0v) is 9.86. The monoisotopic (exact) mass is 194 g/mol. The molecule has 0 aliphatic heterocycles. The molecule has 0 amide bonds. The fourth-order valence-electron chi connectivity index (χ4n) is 0. The summed E-state index contributed by atoms with van der Waals surface area (Å²) >= 11 is 0. The van der Waals surface area contributed by atoms with Crippen LogP contribution in [-0.4, -0.2) is 40.1 Å². The first-order chi connectivity index (χ1) is 3.41. The van der Waals surface area contributed by atoms with E-state index < -0.39 is 0 Å². The second-order valence-corrected chi connectivity index (χ2v) is 1.22. The Bertz CT molecular complexity index is 21.5. The van der Waals surface area contributed by atoms with Gasteiger partial charge in [0.05, 0.1) is 0 Å². The van der Waals surface area contributed by atoms with Gasteiger partial charge in [-0.3, -0.25) is 0 Å². The van der Waals surface area contributed by atoms with Gasteiger partial charge >= 0.3 is 0 Å². The van der Waals surface area contributed by atoms with Crippen molar-refractivity contribution in [1.82, 2.24) is 0 Å². The highest BCUT2D eigenvalue weighted by molar-refractivity contribution is 6.05. The average Bonchev–Trinajstić information content (AvgIpc) is 1.78. The van der Waals surface area contributed by atoms with Crippen LogP contribution < -0.4 is 0 Å². The van der Waals surface area contributed by atoms with Crippen molar-refractivity contribution in [2.45, 2.75) is 28.8 Å². The van der Waals surface area contributed by atoms with Gasteiger partial charge in [0.25, 0.3) is 0 Å². The van der Waals surface area contributed by atoms with Gasteiger partial charge < -0.3 is 9.53 Å². The van der Waals surface area contributed by atoms with Crippen LogP contribution in [0.2, 0.25) is 6.55 Å². The summed E-state index contributed by atoms with van der Waals surface area (Å²) in [5, 5.41) is 7.00. The summed E-state index contributed by atoms with van der Waals surface area (Å²) < 4.78 is 4.39. The molecule has 76 valence electrons. The van der Waals surface area contributed by atoms with Gasteiger partial charge in [-0.25, -0.2) is 0 Å². The molecule has 0 atom stereocenters. The smallest absolute Gasteiger partial charge is 0.145 e. The van der Waals surface area contributed by atoms with E-state index in [1.165, 1.54) is 10.2 Å². The van der Waals surface area contributed by atoms with Crippen molar-refractivity contribution < 1.29 is 12.4 Å². The van der Waals surface area contributed by atoms with Gasteiger partial charge in [0.2, 0.25) is 0 Å². The molecule has 0 aliphatic carbocycles. The predicted molar refractivity (Wildman–Crippen MR) is 65.3 cm³/mol. The minimum atomic E-state index is 0. The van der Waals surface area contributed by atoms with Gasteiger partial charge in [0, 0.05) is 17.1 Å². The molecule has 0 heterocycles. The Morgan fingerprint density at radius 1 is 1.10 bits per heavy atom. The molecule has 10 heavy (non-hydrogen) atoms. The molecule has 0 radical (unpaired) electrons. The Morgan fingerprint density at radius 3 is 1.10 bits per heavy atom. The Morgan fingerprint density at radius 2 is 1.10 bits per heavy atom. The maximum Gasteiger partial charge on any atom is 0.145 e. The highest BCUT2D eigenvalue weighted by Crippen LogP contribution is 1.24. The van der Waals surface area contributed by atoms with Crippen molar-refractivity contribution in [2.75, 3.05) is 14.2 Å². The maximum absolute atomic E-state index is 7.00. The average molecular weight is 195 g/mol. The van der Waals surface area contributed by atoms with E-state index in [0.717, 1.165) is 17.6 Å². The van der Waals surface area contributed by atoms with Crippen LogP contribution in [0.3, 0.4) is 0 Å². The van der Waals surface area contributed by atoms with Gasteiger partial charge in [0.1, 0.15) is 10.5 Å². The van der Waals surface area contributed by atoms with Gasteiger partial charge in [-0.1, -0.05) is 28.8 Å². The normalized spacial score (nSPS) is 3.60. The molecule has 0 aromatic carbocycles. The van der Waals surface area contributed by atoms with E-state index in [4.69, 9.17) is 5.11 Å². The van der Waals surface area contributed by atoms with E-state index >= 15 is 0 Å². The molecule has 0 saturated carbocycles. The largest absolute Gasteiger partial charge is 0.431 e. The number of hydrogen-bond acceptors (Lipinski definition) is 2. The molecular weight excluding hydrogens is 160 g/mol. The third-order valence-electron chi connectivity index (χ3n) is 0. The molecule has 0 aliphatic rings. The summed E-state index contributed by atoms with van der Waals surface area (Å²) in [5.74, 6) is 0. The van der Waals surface area contributed by atoms with Crippen molar-refractivity contribution >= 4 is 20.7 Å². The van der Waals surface area contributed by atoms with Gasteiger partial charge in [-0.05, 0) is 10.2 Å². The summed E-state index contributed by atoms with van der Waals surface area (Å²) in [6.07, 6.45) is 0. The summed E-state index contributed by atoms with van der Waals surface area (Å²) in [4.78, 5) is 0. The molecule has 0 bridgehead atoms. The Hall–Kier alpha value is 0.354. The predicted octanol–water partition coefficient (Wildman–Crippen LogP) is 0.322. The van der Waals surface area contributed by atoms with E-state index in [1.54, 1.807) is 7.11 Å². The van der Waals surface area contributed by atoms with Crippen LogP contribution in [0.25, 0.3) is 0 Å². The van der Waals surface area contributed by atoms with Crippen LogP contribution in [0.4, 0.5) is 0 Å². The molecule has 0 rings (SSSR count). The van der Waals surface area contributed by atoms with E-state index in [9.17, 15) is 0 Å².